The van der Waals surface area contributed by atoms with Crippen LogP contribution in [0.1, 0.15) is 30.5 Å². The van der Waals surface area contributed by atoms with E-state index in [-0.39, 0.29) is 11.3 Å². The third-order valence-electron chi connectivity index (χ3n) is 5.48. The average molecular weight is 473 g/mol. The van der Waals surface area contributed by atoms with Gasteiger partial charge in [0.15, 0.2) is 0 Å². The summed E-state index contributed by atoms with van der Waals surface area (Å²) in [5.74, 6) is -0.565. The number of halogens is 1. The van der Waals surface area contributed by atoms with E-state index < -0.39 is 17.7 Å². The highest BCUT2D eigenvalue weighted by Crippen LogP contribution is 2.40. The highest BCUT2D eigenvalue weighted by atomic mass is 35.5. The highest BCUT2D eigenvalue weighted by molar-refractivity contribution is 6.46. The number of carbonyl (C=O) groups excluding carboxylic acids is 2. The smallest absolute Gasteiger partial charge is 0.295 e. The molecule has 1 heterocycles. The van der Waals surface area contributed by atoms with E-state index in [1.165, 1.54) is 12.0 Å². The van der Waals surface area contributed by atoms with Crippen molar-refractivity contribution < 1.29 is 24.2 Å². The zero-order valence-electron chi connectivity index (χ0n) is 19.3. The number of hydrogen-bond donors (Lipinski definition) is 1. The number of ketones is 1. The second-order valence-electron chi connectivity index (χ2n) is 8.00. The zero-order chi connectivity index (χ0) is 24.1. The molecule has 7 nitrogen and oxygen atoms in total. The summed E-state index contributed by atoms with van der Waals surface area (Å²) in [5, 5.41) is 11.5. The molecule has 1 saturated heterocycles. The van der Waals surface area contributed by atoms with E-state index in [1.807, 2.05) is 38.1 Å². The fraction of sp³-hybridized carbons (Fsp3) is 0.360. The van der Waals surface area contributed by atoms with Crippen LogP contribution < -0.4 is 9.47 Å². The molecule has 0 radical (unpaired) electrons. The second-order valence-corrected chi connectivity index (χ2v) is 8.41. The van der Waals surface area contributed by atoms with Crippen molar-refractivity contribution in [1.82, 2.24) is 9.80 Å². The number of hydrogen-bond acceptors (Lipinski definition) is 6. The normalized spacial score (nSPS) is 17.6. The molecular weight excluding hydrogens is 444 g/mol. The van der Waals surface area contributed by atoms with Crippen molar-refractivity contribution in [2.75, 3.05) is 40.9 Å². The van der Waals surface area contributed by atoms with Crippen LogP contribution in [-0.2, 0) is 9.59 Å². The summed E-state index contributed by atoms with van der Waals surface area (Å²) in [7, 11) is 5.37. The van der Waals surface area contributed by atoms with Gasteiger partial charge in [-0.2, -0.15) is 0 Å². The Kier molecular flexibility index (Phi) is 8.00. The topological polar surface area (TPSA) is 79.3 Å². The molecule has 0 bridgehead atoms. The van der Waals surface area contributed by atoms with Crippen LogP contribution in [0.2, 0.25) is 5.02 Å². The summed E-state index contributed by atoms with van der Waals surface area (Å²) < 4.78 is 10.8. The maximum absolute atomic E-state index is 13.1. The molecule has 8 heteroatoms. The van der Waals surface area contributed by atoms with Gasteiger partial charge in [0.1, 0.15) is 17.3 Å². The third-order valence-corrected chi connectivity index (χ3v) is 5.79. The van der Waals surface area contributed by atoms with Crippen molar-refractivity contribution in [3.63, 3.8) is 0 Å². The van der Waals surface area contributed by atoms with E-state index in [0.29, 0.717) is 47.2 Å². The molecule has 1 N–H and O–H groups in total. The van der Waals surface area contributed by atoms with Gasteiger partial charge in [-0.15, -0.1) is 0 Å². The predicted octanol–water partition coefficient (Wildman–Crippen LogP) is 4.12. The monoisotopic (exact) mass is 472 g/mol. The molecule has 1 amide bonds. The molecule has 0 saturated carbocycles. The Morgan fingerprint density at radius 2 is 1.85 bits per heavy atom. The summed E-state index contributed by atoms with van der Waals surface area (Å²) in [6.07, 6.45) is 0.683. The van der Waals surface area contributed by atoms with E-state index in [2.05, 4.69) is 0 Å². The lowest BCUT2D eigenvalue weighted by Gasteiger charge is -2.26. The fourth-order valence-electron chi connectivity index (χ4n) is 3.89. The number of ether oxygens (including phenoxy) is 2. The predicted molar refractivity (Wildman–Crippen MR) is 128 cm³/mol. The van der Waals surface area contributed by atoms with Crippen LogP contribution in [0.3, 0.4) is 0 Å². The van der Waals surface area contributed by atoms with Crippen molar-refractivity contribution in [3.05, 3.63) is 64.2 Å². The molecular formula is C25H29ClN2O5. The lowest BCUT2D eigenvalue weighted by molar-refractivity contribution is -0.139. The second kappa shape index (κ2) is 10.7. The molecule has 2 aromatic rings. The van der Waals surface area contributed by atoms with Crippen LogP contribution >= 0.6 is 11.6 Å². The number of Topliss-reactive ketones (excluding diaryl/α,β-unsaturated/α-hetero) is 1. The summed E-state index contributed by atoms with van der Waals surface area (Å²) in [6, 6.07) is 11.2. The Morgan fingerprint density at radius 1 is 1.15 bits per heavy atom. The van der Waals surface area contributed by atoms with Gasteiger partial charge in [-0.3, -0.25) is 9.59 Å². The number of nitrogens with zero attached hydrogens (tertiary/aromatic N) is 2. The van der Waals surface area contributed by atoms with Crippen molar-refractivity contribution >= 4 is 29.1 Å². The summed E-state index contributed by atoms with van der Waals surface area (Å²) in [6.45, 7) is 3.56. The minimum absolute atomic E-state index is 0.0402. The van der Waals surface area contributed by atoms with Crippen LogP contribution in [0.15, 0.2) is 48.0 Å². The fourth-order valence-corrected chi connectivity index (χ4v) is 4.08. The van der Waals surface area contributed by atoms with Gasteiger partial charge in [0.2, 0.25) is 0 Å². The van der Waals surface area contributed by atoms with E-state index >= 15 is 0 Å². The van der Waals surface area contributed by atoms with Crippen LogP contribution in [0.25, 0.3) is 5.76 Å². The molecule has 2 aromatic carbocycles. The van der Waals surface area contributed by atoms with Crippen molar-refractivity contribution in [1.29, 1.82) is 0 Å². The molecule has 1 fully saturated rings. The third kappa shape index (κ3) is 5.31. The van der Waals surface area contributed by atoms with Gasteiger partial charge >= 0.3 is 0 Å². The molecule has 1 aliphatic rings. The van der Waals surface area contributed by atoms with E-state index in [0.717, 1.165) is 6.54 Å². The average Bonchev–Trinajstić information content (AvgIpc) is 3.04. The van der Waals surface area contributed by atoms with E-state index in [9.17, 15) is 14.7 Å². The van der Waals surface area contributed by atoms with Gasteiger partial charge in [0.05, 0.1) is 30.4 Å². The van der Waals surface area contributed by atoms with E-state index in [1.54, 1.807) is 30.3 Å². The molecule has 176 valence electrons. The number of likely N-dealkylation sites (tertiary alicyclic amines) is 1. The number of methoxy groups -OCH3 is 1. The molecule has 1 atom stereocenters. The number of benzene rings is 2. The summed E-state index contributed by atoms with van der Waals surface area (Å²) in [4.78, 5) is 29.6. The Bertz CT molecular complexity index is 1050. The zero-order valence-corrected chi connectivity index (χ0v) is 20.1. The first kappa shape index (κ1) is 24.6. The van der Waals surface area contributed by atoms with Crippen molar-refractivity contribution in [2.24, 2.45) is 0 Å². The minimum atomic E-state index is -0.718. The van der Waals surface area contributed by atoms with Crippen LogP contribution in [0, 0.1) is 0 Å². The summed E-state index contributed by atoms with van der Waals surface area (Å²) in [5.41, 5.74) is 1.10. The standard InChI is InChI=1S/C25H29ClN2O5/c1-5-33-18-10-7-16(8-11-18)22-21(23(29)17-9-12-19(26)20(15-17)32-4)24(30)25(31)28(22)14-6-13-27(2)3/h7-12,15,22,29H,5-6,13-14H2,1-4H3/b23-21-. The lowest BCUT2D eigenvalue weighted by atomic mass is 9.95. The minimum Gasteiger partial charge on any atom is -0.507 e. The van der Waals surface area contributed by atoms with Gasteiger partial charge in [-0.05, 0) is 69.9 Å². The molecule has 1 aliphatic heterocycles. The maximum atomic E-state index is 13.1. The van der Waals surface area contributed by atoms with Crippen LogP contribution in [0.5, 0.6) is 11.5 Å². The largest absolute Gasteiger partial charge is 0.507 e. The first-order valence-corrected chi connectivity index (χ1v) is 11.2. The Hall–Kier alpha value is -3.03. The first-order valence-electron chi connectivity index (χ1n) is 10.8. The molecule has 0 aliphatic carbocycles. The highest BCUT2D eigenvalue weighted by Gasteiger charge is 2.45. The maximum Gasteiger partial charge on any atom is 0.295 e. The van der Waals surface area contributed by atoms with Crippen LogP contribution in [0.4, 0.5) is 0 Å². The van der Waals surface area contributed by atoms with Gasteiger partial charge in [-0.1, -0.05) is 23.7 Å². The SMILES string of the molecule is CCOc1ccc(C2/C(=C(/O)c3ccc(Cl)c(OC)c3)C(=O)C(=O)N2CCCN(C)C)cc1. The summed E-state index contributed by atoms with van der Waals surface area (Å²) >= 11 is 6.12. The Morgan fingerprint density at radius 3 is 2.45 bits per heavy atom. The van der Waals surface area contributed by atoms with Crippen molar-refractivity contribution in [2.45, 2.75) is 19.4 Å². The van der Waals surface area contributed by atoms with Gasteiger partial charge in [0, 0.05) is 12.1 Å². The Balaban J connectivity index is 2.09. The number of amides is 1. The molecule has 3 rings (SSSR count). The molecule has 0 spiro atoms. The number of aliphatic hydroxyl groups is 1. The Labute approximate surface area is 199 Å². The molecule has 1 unspecified atom stereocenters. The lowest BCUT2D eigenvalue weighted by Crippen LogP contribution is -2.32. The van der Waals surface area contributed by atoms with E-state index in [4.69, 9.17) is 21.1 Å². The number of aliphatic hydroxyl groups excluding tert-OH is 1. The quantitative estimate of drug-likeness (QED) is 0.336. The van der Waals surface area contributed by atoms with Crippen LogP contribution in [-0.4, -0.2) is 67.5 Å². The molecule has 33 heavy (non-hydrogen) atoms. The van der Waals surface area contributed by atoms with Crippen molar-refractivity contribution in [3.8, 4) is 11.5 Å². The number of carbonyl (C=O) groups is 2. The number of rotatable bonds is 9. The molecule has 0 aromatic heterocycles. The first-order chi connectivity index (χ1) is 15.8. The van der Waals surface area contributed by atoms with Gasteiger partial charge in [0.25, 0.3) is 11.7 Å². The van der Waals surface area contributed by atoms with Gasteiger partial charge < -0.3 is 24.4 Å². The van der Waals surface area contributed by atoms with Gasteiger partial charge in [-0.25, -0.2) is 0 Å².